The molecule has 0 radical (unpaired) electrons. The van der Waals surface area contributed by atoms with Gasteiger partial charge < -0.3 is 5.32 Å². The summed E-state index contributed by atoms with van der Waals surface area (Å²) in [5.74, 6) is -0.246. The molecule has 3 rings (SSSR count). The molecule has 1 aromatic carbocycles. The zero-order valence-corrected chi connectivity index (χ0v) is 11.4. The molecule has 5 nitrogen and oxygen atoms in total. The van der Waals surface area contributed by atoms with Crippen molar-refractivity contribution >= 4 is 12.0 Å². The van der Waals surface area contributed by atoms with Crippen LogP contribution >= 0.6 is 0 Å². The van der Waals surface area contributed by atoms with Crippen LogP contribution in [0, 0.1) is 11.3 Å². The fourth-order valence-corrected chi connectivity index (χ4v) is 2.08. The van der Waals surface area contributed by atoms with Crippen molar-refractivity contribution in [1.82, 2.24) is 15.1 Å². The number of hydrogen-bond acceptors (Lipinski definition) is 3. The molecule has 0 saturated heterocycles. The van der Waals surface area contributed by atoms with Crippen molar-refractivity contribution in [2.45, 2.75) is 18.4 Å². The van der Waals surface area contributed by atoms with Crippen molar-refractivity contribution in [2.75, 3.05) is 0 Å². The predicted octanol–water partition coefficient (Wildman–Crippen LogP) is 2.06. The molecule has 0 bridgehead atoms. The van der Waals surface area contributed by atoms with Crippen LogP contribution in [0.3, 0.4) is 0 Å². The zero-order chi connectivity index (χ0) is 14.7. The lowest BCUT2D eigenvalue weighted by Crippen LogP contribution is -2.34. The van der Waals surface area contributed by atoms with Crippen LogP contribution in [0.25, 0.3) is 11.8 Å². The maximum Gasteiger partial charge on any atom is 0.245 e. The molecule has 0 aliphatic heterocycles. The van der Waals surface area contributed by atoms with Crippen molar-refractivity contribution in [3.8, 4) is 11.8 Å². The van der Waals surface area contributed by atoms with Crippen molar-refractivity contribution in [3.63, 3.8) is 0 Å². The molecule has 1 aliphatic carbocycles. The van der Waals surface area contributed by atoms with Crippen molar-refractivity contribution in [3.05, 3.63) is 54.4 Å². The summed E-state index contributed by atoms with van der Waals surface area (Å²) in [6.07, 6.45) is 8.21. The molecule has 2 aromatic rings. The number of rotatable bonds is 4. The Bertz CT molecular complexity index is 721. The summed E-state index contributed by atoms with van der Waals surface area (Å²) in [6, 6.07) is 11.7. The number of para-hydroxylation sites is 1. The number of benzene rings is 1. The summed E-state index contributed by atoms with van der Waals surface area (Å²) in [5, 5.41) is 15.9. The molecule has 1 saturated carbocycles. The fourth-order valence-electron chi connectivity index (χ4n) is 2.08. The third kappa shape index (κ3) is 2.84. The average Bonchev–Trinajstić information content (AvgIpc) is 3.07. The Labute approximate surface area is 122 Å². The number of aromatic nitrogens is 2. The molecule has 1 aliphatic rings. The molecule has 1 heterocycles. The Morgan fingerprint density at radius 3 is 2.86 bits per heavy atom. The van der Waals surface area contributed by atoms with Gasteiger partial charge >= 0.3 is 0 Å². The highest BCUT2D eigenvalue weighted by molar-refractivity contribution is 5.93. The van der Waals surface area contributed by atoms with Crippen LogP contribution < -0.4 is 5.32 Å². The van der Waals surface area contributed by atoms with Crippen LogP contribution in [0.4, 0.5) is 0 Å². The van der Waals surface area contributed by atoms with Gasteiger partial charge in [0.1, 0.15) is 5.54 Å². The molecule has 1 N–H and O–H groups in total. The first-order chi connectivity index (χ1) is 10.2. The quantitative estimate of drug-likeness (QED) is 0.870. The van der Waals surface area contributed by atoms with Crippen LogP contribution in [-0.4, -0.2) is 21.2 Å². The smallest absolute Gasteiger partial charge is 0.245 e. The van der Waals surface area contributed by atoms with Crippen LogP contribution in [-0.2, 0) is 4.79 Å². The highest BCUT2D eigenvalue weighted by atomic mass is 16.1. The van der Waals surface area contributed by atoms with E-state index in [0.717, 1.165) is 24.1 Å². The molecular formula is C16H14N4O. The van der Waals surface area contributed by atoms with Gasteiger partial charge in [-0.1, -0.05) is 18.2 Å². The van der Waals surface area contributed by atoms with Gasteiger partial charge in [-0.3, -0.25) is 4.79 Å². The third-order valence-corrected chi connectivity index (χ3v) is 3.43. The maximum absolute atomic E-state index is 11.9. The molecule has 104 valence electrons. The SMILES string of the molecule is N#CC1(NC(=O)C=Cc2ccccc2-n2cccn2)CC1. The van der Waals surface area contributed by atoms with Gasteiger partial charge in [-0.15, -0.1) is 0 Å². The topological polar surface area (TPSA) is 70.7 Å². The highest BCUT2D eigenvalue weighted by Gasteiger charge is 2.44. The molecule has 5 heteroatoms. The van der Waals surface area contributed by atoms with E-state index in [0.29, 0.717) is 0 Å². The zero-order valence-electron chi connectivity index (χ0n) is 11.4. The lowest BCUT2D eigenvalue weighted by atomic mass is 10.1. The number of nitriles is 1. The van der Waals surface area contributed by atoms with Gasteiger partial charge in [-0.05, 0) is 31.1 Å². The van der Waals surface area contributed by atoms with Gasteiger partial charge in [-0.25, -0.2) is 4.68 Å². The van der Waals surface area contributed by atoms with Crippen molar-refractivity contribution < 1.29 is 4.79 Å². The predicted molar refractivity (Wildman–Crippen MR) is 78.3 cm³/mol. The largest absolute Gasteiger partial charge is 0.334 e. The minimum absolute atomic E-state index is 0.246. The summed E-state index contributed by atoms with van der Waals surface area (Å²) in [6.45, 7) is 0. The number of nitrogens with zero attached hydrogens (tertiary/aromatic N) is 3. The first kappa shape index (κ1) is 13.1. The van der Waals surface area contributed by atoms with Gasteiger partial charge in [-0.2, -0.15) is 10.4 Å². The summed E-state index contributed by atoms with van der Waals surface area (Å²) in [5.41, 5.74) is 1.15. The lowest BCUT2D eigenvalue weighted by molar-refractivity contribution is -0.117. The summed E-state index contributed by atoms with van der Waals surface area (Å²) in [7, 11) is 0. The monoisotopic (exact) mass is 278 g/mol. The van der Waals surface area contributed by atoms with E-state index in [1.165, 1.54) is 6.08 Å². The van der Waals surface area contributed by atoms with Crippen LogP contribution in [0.5, 0.6) is 0 Å². The normalized spacial score (nSPS) is 15.6. The van der Waals surface area contributed by atoms with Gasteiger partial charge in [0.15, 0.2) is 0 Å². The first-order valence-corrected chi connectivity index (χ1v) is 6.73. The summed E-state index contributed by atoms with van der Waals surface area (Å²) in [4.78, 5) is 11.9. The van der Waals surface area contributed by atoms with E-state index < -0.39 is 5.54 Å². The number of hydrogen-bond donors (Lipinski definition) is 1. The van der Waals surface area contributed by atoms with Crippen molar-refractivity contribution in [1.29, 1.82) is 5.26 Å². The molecule has 21 heavy (non-hydrogen) atoms. The van der Waals surface area contributed by atoms with Gasteiger partial charge in [0.25, 0.3) is 0 Å². The molecule has 0 spiro atoms. The summed E-state index contributed by atoms with van der Waals surface area (Å²) >= 11 is 0. The second-order valence-corrected chi connectivity index (χ2v) is 5.03. The Kier molecular flexibility index (Phi) is 3.28. The third-order valence-electron chi connectivity index (χ3n) is 3.43. The van der Waals surface area contributed by atoms with E-state index in [2.05, 4.69) is 16.5 Å². The average molecular weight is 278 g/mol. The molecular weight excluding hydrogens is 264 g/mol. The van der Waals surface area contributed by atoms with Gasteiger partial charge in [0.05, 0.1) is 11.8 Å². The molecule has 1 aromatic heterocycles. The van der Waals surface area contributed by atoms with E-state index in [1.807, 2.05) is 36.5 Å². The van der Waals surface area contributed by atoms with E-state index in [1.54, 1.807) is 17.0 Å². The van der Waals surface area contributed by atoms with E-state index in [9.17, 15) is 4.79 Å². The second-order valence-electron chi connectivity index (χ2n) is 5.03. The van der Waals surface area contributed by atoms with Gasteiger partial charge in [0.2, 0.25) is 5.91 Å². The fraction of sp³-hybridized carbons (Fsp3) is 0.188. The van der Waals surface area contributed by atoms with Crippen LogP contribution in [0.15, 0.2) is 48.8 Å². The second kappa shape index (κ2) is 5.25. The van der Waals surface area contributed by atoms with Crippen LogP contribution in [0.2, 0.25) is 0 Å². The minimum atomic E-state index is -0.636. The standard InChI is InChI=1S/C16H14N4O/c17-12-16(8-9-16)19-15(21)7-6-13-4-1-2-5-14(13)20-11-3-10-18-20/h1-7,10-11H,8-9H2,(H,19,21). The number of nitrogens with one attached hydrogen (secondary N) is 1. The molecule has 0 atom stereocenters. The Balaban J connectivity index is 1.78. The molecule has 1 fully saturated rings. The Hall–Kier alpha value is -2.87. The number of carbonyl (C=O) groups is 1. The Morgan fingerprint density at radius 1 is 1.38 bits per heavy atom. The number of carbonyl (C=O) groups excluding carboxylic acids is 1. The first-order valence-electron chi connectivity index (χ1n) is 6.73. The van der Waals surface area contributed by atoms with E-state index >= 15 is 0 Å². The Morgan fingerprint density at radius 2 is 2.19 bits per heavy atom. The maximum atomic E-state index is 11.9. The highest BCUT2D eigenvalue weighted by Crippen LogP contribution is 2.34. The van der Waals surface area contributed by atoms with Gasteiger partial charge in [0, 0.05) is 24.0 Å². The van der Waals surface area contributed by atoms with E-state index in [-0.39, 0.29) is 5.91 Å². The minimum Gasteiger partial charge on any atom is -0.334 e. The molecule has 1 amide bonds. The molecule has 0 unspecified atom stereocenters. The van der Waals surface area contributed by atoms with Crippen LogP contribution in [0.1, 0.15) is 18.4 Å². The summed E-state index contributed by atoms with van der Waals surface area (Å²) < 4.78 is 1.75. The lowest BCUT2D eigenvalue weighted by Gasteiger charge is -2.07. The number of amides is 1. The van der Waals surface area contributed by atoms with E-state index in [4.69, 9.17) is 5.26 Å². The van der Waals surface area contributed by atoms with Crippen molar-refractivity contribution in [2.24, 2.45) is 0 Å².